The Labute approximate surface area is 69.8 Å². The van der Waals surface area contributed by atoms with Gasteiger partial charge in [-0.15, -0.1) is 0 Å². The fourth-order valence-corrected chi connectivity index (χ4v) is 3.75. The maximum Gasteiger partial charge on any atom is 0.148 e. The van der Waals surface area contributed by atoms with Gasteiger partial charge in [-0.05, 0) is 31.8 Å². The Hall–Kier alpha value is -0.0600. The van der Waals surface area contributed by atoms with E-state index in [2.05, 4.69) is 0 Å². The highest BCUT2D eigenvalue weighted by Crippen LogP contribution is 2.36. The van der Waals surface area contributed by atoms with E-state index in [1.807, 2.05) is 17.6 Å². The molecule has 10 heavy (non-hydrogen) atoms. The van der Waals surface area contributed by atoms with E-state index in [-0.39, 0.29) is 8.49 Å². The normalized spacial score (nSPS) is 28.6. The van der Waals surface area contributed by atoms with E-state index in [1.165, 1.54) is 0 Å². The van der Waals surface area contributed by atoms with Crippen molar-refractivity contribution in [2.75, 3.05) is 0 Å². The molecule has 1 unspecified atom stereocenters. The van der Waals surface area contributed by atoms with Gasteiger partial charge in [0.05, 0.1) is 11.2 Å². The van der Waals surface area contributed by atoms with Gasteiger partial charge < -0.3 is 4.74 Å². The first kappa shape index (κ1) is 6.64. The van der Waals surface area contributed by atoms with Gasteiger partial charge >= 0.3 is 0 Å². The molecule has 4 heteroatoms. The molecule has 1 nitrogen and oxygen atoms in total. The first-order chi connectivity index (χ1) is 4.88. The summed E-state index contributed by atoms with van der Waals surface area (Å²) in [5, 5.41) is 1.98. The largest absolute Gasteiger partial charge is 0.463 e. The van der Waals surface area contributed by atoms with Crippen LogP contribution in [-0.2, 0) is 24.4 Å². The molecule has 0 saturated heterocycles. The summed E-state index contributed by atoms with van der Waals surface area (Å²) in [6, 6.07) is 0. The SMILES string of the molecule is S=S1SC=C2OC=CC=C21. The highest BCUT2D eigenvalue weighted by molar-refractivity contribution is 8.85. The maximum absolute atomic E-state index is 5.20. The van der Waals surface area contributed by atoms with Crippen molar-refractivity contribution in [2.45, 2.75) is 0 Å². The van der Waals surface area contributed by atoms with Crippen LogP contribution in [0.3, 0.4) is 0 Å². The lowest BCUT2D eigenvalue weighted by Crippen LogP contribution is -1.92. The monoisotopic (exact) mass is 188 g/mol. The van der Waals surface area contributed by atoms with E-state index < -0.39 is 0 Å². The Morgan fingerprint density at radius 1 is 1.60 bits per heavy atom. The van der Waals surface area contributed by atoms with E-state index in [1.54, 1.807) is 17.1 Å². The molecule has 0 N–H and O–H groups in total. The van der Waals surface area contributed by atoms with E-state index in [9.17, 15) is 0 Å². The third kappa shape index (κ3) is 0.962. The molecule has 2 aliphatic rings. The van der Waals surface area contributed by atoms with Crippen LogP contribution in [0.2, 0.25) is 0 Å². The van der Waals surface area contributed by atoms with Crippen molar-refractivity contribution in [1.29, 1.82) is 0 Å². The summed E-state index contributed by atoms with van der Waals surface area (Å²) in [6.07, 6.45) is 5.57. The number of allylic oxidation sites excluding steroid dienone is 2. The summed E-state index contributed by atoms with van der Waals surface area (Å²) in [4.78, 5) is 1.16. The highest BCUT2D eigenvalue weighted by atomic mass is 33.3. The minimum atomic E-state index is -0.0971. The molecule has 0 saturated carbocycles. The zero-order chi connectivity index (χ0) is 6.97. The van der Waals surface area contributed by atoms with Gasteiger partial charge in [-0.25, -0.2) is 0 Å². The lowest BCUT2D eigenvalue weighted by molar-refractivity contribution is 0.364. The minimum absolute atomic E-state index is 0.0971. The second kappa shape index (κ2) is 2.53. The second-order valence-electron chi connectivity index (χ2n) is 1.79. The summed E-state index contributed by atoms with van der Waals surface area (Å²) in [6.45, 7) is 0. The number of hydrogen-bond donors (Lipinski definition) is 0. The molecule has 1 atom stereocenters. The van der Waals surface area contributed by atoms with E-state index >= 15 is 0 Å². The summed E-state index contributed by atoms with van der Waals surface area (Å²) in [5.41, 5.74) is 0. The molecular formula is C6H4OS3. The molecule has 52 valence electrons. The summed E-state index contributed by atoms with van der Waals surface area (Å²) < 4.78 is 5.20. The predicted octanol–water partition coefficient (Wildman–Crippen LogP) is 2.00. The van der Waals surface area contributed by atoms with Crippen LogP contribution in [0, 0.1) is 0 Å². The van der Waals surface area contributed by atoms with Crippen molar-refractivity contribution >= 4 is 30.5 Å². The molecule has 0 amide bonds. The van der Waals surface area contributed by atoms with Crippen LogP contribution in [0.5, 0.6) is 0 Å². The van der Waals surface area contributed by atoms with Gasteiger partial charge in [-0.3, -0.25) is 0 Å². The lowest BCUT2D eigenvalue weighted by Gasteiger charge is -2.06. The van der Waals surface area contributed by atoms with Crippen molar-refractivity contribution in [3.05, 3.63) is 34.5 Å². The van der Waals surface area contributed by atoms with Gasteiger partial charge in [0.25, 0.3) is 0 Å². The first-order valence-corrected chi connectivity index (χ1v) is 6.25. The molecule has 0 bridgehead atoms. The van der Waals surface area contributed by atoms with Gasteiger partial charge in [-0.1, -0.05) is 10.8 Å². The van der Waals surface area contributed by atoms with E-state index in [4.69, 9.17) is 15.9 Å². The highest BCUT2D eigenvalue weighted by Gasteiger charge is 2.18. The van der Waals surface area contributed by atoms with E-state index in [0.717, 1.165) is 10.7 Å². The average Bonchev–Trinajstić information content (AvgIpc) is 2.34. The van der Waals surface area contributed by atoms with Gasteiger partial charge in [0.2, 0.25) is 0 Å². The molecule has 0 spiro atoms. The first-order valence-electron chi connectivity index (χ1n) is 2.71. The predicted molar refractivity (Wildman–Crippen MR) is 48.7 cm³/mol. The number of rotatable bonds is 0. The molecule has 0 aromatic rings. The molecule has 2 rings (SSSR count). The lowest BCUT2D eigenvalue weighted by atomic mass is 10.4. The average molecular weight is 188 g/mol. The maximum atomic E-state index is 5.20. The van der Waals surface area contributed by atoms with Crippen molar-refractivity contribution in [2.24, 2.45) is 0 Å². The number of fused-ring (bicyclic) bond motifs is 1. The summed E-state index contributed by atoms with van der Waals surface area (Å²) in [7, 11) is 1.55. The van der Waals surface area contributed by atoms with Crippen LogP contribution in [-0.4, -0.2) is 0 Å². The molecule has 0 aromatic heterocycles. The third-order valence-corrected chi connectivity index (χ3v) is 4.97. The Bertz CT molecular complexity index is 275. The van der Waals surface area contributed by atoms with Crippen LogP contribution >= 0.6 is 10.8 Å². The fraction of sp³-hybridized carbons (Fsp3) is 0. The van der Waals surface area contributed by atoms with E-state index in [0.29, 0.717) is 0 Å². The Morgan fingerprint density at radius 3 is 3.30 bits per heavy atom. The molecule has 0 aromatic carbocycles. The fourth-order valence-electron chi connectivity index (χ4n) is 0.742. The van der Waals surface area contributed by atoms with Crippen molar-refractivity contribution in [3.8, 4) is 0 Å². The Morgan fingerprint density at radius 2 is 2.50 bits per heavy atom. The second-order valence-corrected chi connectivity index (χ2v) is 6.34. The summed E-state index contributed by atoms with van der Waals surface area (Å²) in [5.74, 6) is 0.936. The summed E-state index contributed by atoms with van der Waals surface area (Å²) >= 11 is 5.16. The minimum Gasteiger partial charge on any atom is -0.463 e. The molecule has 0 fully saturated rings. The van der Waals surface area contributed by atoms with Crippen LogP contribution in [0.15, 0.2) is 34.5 Å². The molecular weight excluding hydrogens is 184 g/mol. The molecule has 2 heterocycles. The van der Waals surface area contributed by atoms with Crippen LogP contribution < -0.4 is 0 Å². The van der Waals surface area contributed by atoms with Crippen molar-refractivity contribution in [3.63, 3.8) is 0 Å². The number of hydrogen-bond acceptors (Lipinski definition) is 3. The smallest absolute Gasteiger partial charge is 0.148 e. The molecule has 0 radical (unpaired) electrons. The zero-order valence-electron chi connectivity index (χ0n) is 4.94. The van der Waals surface area contributed by atoms with Crippen LogP contribution in [0.25, 0.3) is 0 Å². The van der Waals surface area contributed by atoms with Gasteiger partial charge in [0.15, 0.2) is 0 Å². The molecule has 2 aliphatic heterocycles. The Balaban J connectivity index is 2.46. The standard InChI is InChI=1S/C6H4OS3/c8-10-6-2-1-3-7-5(6)4-9-10/h1-4H. The van der Waals surface area contributed by atoms with Crippen molar-refractivity contribution < 1.29 is 4.74 Å². The third-order valence-electron chi connectivity index (χ3n) is 1.19. The van der Waals surface area contributed by atoms with Crippen molar-refractivity contribution in [1.82, 2.24) is 0 Å². The number of ether oxygens (including phenoxy) is 1. The topological polar surface area (TPSA) is 9.23 Å². The molecule has 0 aliphatic carbocycles. The van der Waals surface area contributed by atoms with Gasteiger partial charge in [0, 0.05) is 5.41 Å². The van der Waals surface area contributed by atoms with Crippen LogP contribution in [0.1, 0.15) is 0 Å². The van der Waals surface area contributed by atoms with Gasteiger partial charge in [-0.2, -0.15) is 0 Å². The van der Waals surface area contributed by atoms with Crippen LogP contribution in [0.4, 0.5) is 0 Å². The zero-order valence-corrected chi connectivity index (χ0v) is 7.39. The van der Waals surface area contributed by atoms with Gasteiger partial charge in [0.1, 0.15) is 5.76 Å². The quantitative estimate of drug-likeness (QED) is 0.538. The Kier molecular flexibility index (Phi) is 1.68.